The summed E-state index contributed by atoms with van der Waals surface area (Å²) in [6, 6.07) is 6.83. The molecule has 0 fully saturated rings. The fourth-order valence-electron chi connectivity index (χ4n) is 4.38. The zero-order chi connectivity index (χ0) is 32.6. The molecule has 234 valence electrons. The number of amidine groups is 1. The normalized spacial score (nSPS) is 17.1. The lowest BCUT2D eigenvalue weighted by Crippen LogP contribution is -2.51. The van der Waals surface area contributed by atoms with E-state index in [1.165, 1.54) is 12.3 Å². The van der Waals surface area contributed by atoms with Crippen molar-refractivity contribution in [1.82, 2.24) is 20.5 Å². The van der Waals surface area contributed by atoms with Crippen LogP contribution >= 0.6 is 0 Å². The van der Waals surface area contributed by atoms with E-state index in [-0.39, 0.29) is 29.3 Å². The Balaban J connectivity index is 1.87. The fourth-order valence-corrected chi connectivity index (χ4v) is 5.99. The number of carbonyl (C=O) groups excluding carboxylic acids is 2. The van der Waals surface area contributed by atoms with Crippen molar-refractivity contribution < 1.29 is 32.3 Å². The standard InChI is InChI=1S/C29H34FN7O6S/c1-28(2,3)26-33-20(13-32-35-26)18-11-22-23(12-19(18)30)44(41,42)15-21(34-27(39)43-29(4,5)6)25(38)37(22)14-16-7-9-17(10-8-16)24(31)36-40/h7-13,21,40H,14-15H2,1-6H3,(H2,31,36)(H,34,39)/t21-/m0/s1. The summed E-state index contributed by atoms with van der Waals surface area (Å²) in [6.07, 6.45) is 0.254. The van der Waals surface area contributed by atoms with E-state index in [1.807, 2.05) is 20.8 Å². The van der Waals surface area contributed by atoms with Gasteiger partial charge in [0, 0.05) is 16.5 Å². The van der Waals surface area contributed by atoms with Gasteiger partial charge in [-0.15, -0.1) is 5.10 Å². The molecule has 1 aliphatic rings. The van der Waals surface area contributed by atoms with Crippen LogP contribution in [0.1, 0.15) is 58.5 Å². The summed E-state index contributed by atoms with van der Waals surface area (Å²) in [6.45, 7) is 10.3. The predicted molar refractivity (Wildman–Crippen MR) is 159 cm³/mol. The second-order valence-electron chi connectivity index (χ2n) is 12.3. The maximum absolute atomic E-state index is 15.7. The van der Waals surface area contributed by atoms with Crippen molar-refractivity contribution in [2.75, 3.05) is 10.7 Å². The number of halogens is 1. The monoisotopic (exact) mass is 627 g/mol. The maximum Gasteiger partial charge on any atom is 0.408 e. The topological polar surface area (TPSA) is 190 Å². The first-order valence-corrected chi connectivity index (χ1v) is 15.2. The molecule has 44 heavy (non-hydrogen) atoms. The van der Waals surface area contributed by atoms with Gasteiger partial charge in [0.05, 0.1) is 34.8 Å². The Bertz CT molecular complexity index is 1730. The largest absolute Gasteiger partial charge is 0.444 e. The SMILES string of the molecule is CC(C)(C)OC(=O)N[C@H]1CS(=O)(=O)c2cc(F)c(-c3cnnc(C(C)(C)C)n3)cc2N(Cc2ccc(/C(N)=N/O)cc2)C1=O. The Labute approximate surface area is 254 Å². The molecule has 3 aromatic rings. The highest BCUT2D eigenvalue weighted by molar-refractivity contribution is 7.91. The zero-order valence-corrected chi connectivity index (χ0v) is 25.9. The van der Waals surface area contributed by atoms with Crippen molar-refractivity contribution in [2.24, 2.45) is 10.9 Å². The lowest BCUT2D eigenvalue weighted by molar-refractivity contribution is -0.120. The number of hydrogen-bond acceptors (Lipinski definition) is 10. The average molecular weight is 628 g/mol. The predicted octanol–water partition coefficient (Wildman–Crippen LogP) is 3.28. The average Bonchev–Trinajstić information content (AvgIpc) is 2.99. The van der Waals surface area contributed by atoms with Gasteiger partial charge >= 0.3 is 6.09 Å². The summed E-state index contributed by atoms with van der Waals surface area (Å²) in [5, 5.41) is 22.3. The molecule has 0 unspecified atom stereocenters. The number of hydrogen-bond donors (Lipinski definition) is 3. The van der Waals surface area contributed by atoms with Gasteiger partial charge in [-0.25, -0.2) is 22.6 Å². The second kappa shape index (κ2) is 11.8. The Morgan fingerprint density at radius 1 is 1.18 bits per heavy atom. The highest BCUT2D eigenvalue weighted by Crippen LogP contribution is 2.37. The maximum atomic E-state index is 15.7. The van der Waals surface area contributed by atoms with Crippen molar-refractivity contribution in [3.63, 3.8) is 0 Å². The van der Waals surface area contributed by atoms with Gasteiger partial charge < -0.3 is 25.9 Å². The molecule has 1 atom stereocenters. The van der Waals surface area contributed by atoms with Gasteiger partial charge in [-0.1, -0.05) is 50.2 Å². The molecule has 13 nitrogen and oxygen atoms in total. The molecule has 1 aromatic heterocycles. The molecule has 2 aromatic carbocycles. The minimum atomic E-state index is -4.33. The van der Waals surface area contributed by atoms with Crippen LogP contribution in [0.25, 0.3) is 11.3 Å². The molecule has 2 heterocycles. The Hall–Kier alpha value is -4.66. The van der Waals surface area contributed by atoms with E-state index in [0.29, 0.717) is 17.0 Å². The third-order valence-corrected chi connectivity index (χ3v) is 8.29. The summed E-state index contributed by atoms with van der Waals surface area (Å²) in [4.78, 5) is 31.8. The van der Waals surface area contributed by atoms with Crippen molar-refractivity contribution >= 4 is 33.4 Å². The van der Waals surface area contributed by atoms with Crippen LogP contribution in [0.15, 0.2) is 52.6 Å². The first-order chi connectivity index (χ1) is 20.4. The van der Waals surface area contributed by atoms with Crippen molar-refractivity contribution in [1.29, 1.82) is 0 Å². The van der Waals surface area contributed by atoms with Gasteiger partial charge in [0.25, 0.3) is 5.91 Å². The van der Waals surface area contributed by atoms with Gasteiger partial charge in [-0.05, 0) is 38.5 Å². The Kier molecular flexibility index (Phi) is 8.64. The number of benzene rings is 2. The van der Waals surface area contributed by atoms with Crippen molar-refractivity contribution in [2.45, 2.75) is 70.0 Å². The van der Waals surface area contributed by atoms with Gasteiger partial charge in [0.1, 0.15) is 17.5 Å². The molecule has 2 amide bonds. The lowest BCUT2D eigenvalue weighted by Gasteiger charge is -2.27. The van der Waals surface area contributed by atoms with Crippen LogP contribution in [0, 0.1) is 5.82 Å². The Morgan fingerprint density at radius 2 is 1.84 bits per heavy atom. The fraction of sp³-hybridized carbons (Fsp3) is 0.379. The van der Waals surface area contributed by atoms with Crippen LogP contribution in [0.2, 0.25) is 0 Å². The number of ether oxygens (including phenoxy) is 1. The summed E-state index contributed by atoms with van der Waals surface area (Å²) >= 11 is 0. The van der Waals surface area contributed by atoms with Crippen LogP contribution in [0.4, 0.5) is 14.9 Å². The van der Waals surface area contributed by atoms with E-state index in [2.05, 4.69) is 25.7 Å². The van der Waals surface area contributed by atoms with Crippen molar-refractivity contribution in [3.8, 4) is 11.3 Å². The summed E-state index contributed by atoms with van der Waals surface area (Å²) in [7, 11) is -4.33. The highest BCUT2D eigenvalue weighted by Gasteiger charge is 2.40. The third kappa shape index (κ3) is 7.10. The number of rotatable bonds is 5. The number of aromatic nitrogens is 3. The van der Waals surface area contributed by atoms with E-state index in [1.54, 1.807) is 45.0 Å². The number of nitrogens with one attached hydrogen (secondary N) is 1. The summed E-state index contributed by atoms with van der Waals surface area (Å²) < 4.78 is 48.2. The molecule has 0 spiro atoms. The number of alkyl carbamates (subject to hydrolysis) is 1. The van der Waals surface area contributed by atoms with Gasteiger partial charge in [-0.3, -0.25) is 4.79 Å². The summed E-state index contributed by atoms with van der Waals surface area (Å²) in [5.41, 5.74) is 5.03. The number of nitrogens with zero attached hydrogens (tertiary/aromatic N) is 5. The Morgan fingerprint density at radius 3 is 2.43 bits per heavy atom. The molecule has 4 N–H and O–H groups in total. The molecular weight excluding hydrogens is 593 g/mol. The molecule has 1 aliphatic heterocycles. The summed E-state index contributed by atoms with van der Waals surface area (Å²) in [5.74, 6) is -2.31. The van der Waals surface area contributed by atoms with Crippen LogP contribution in [0.3, 0.4) is 0 Å². The van der Waals surface area contributed by atoms with Gasteiger partial charge in [-0.2, -0.15) is 5.10 Å². The second-order valence-corrected chi connectivity index (χ2v) is 14.3. The first-order valence-electron chi connectivity index (χ1n) is 13.5. The van der Waals surface area contributed by atoms with E-state index >= 15 is 4.39 Å². The van der Waals surface area contributed by atoms with Crippen LogP contribution in [-0.2, 0) is 31.3 Å². The smallest absolute Gasteiger partial charge is 0.408 e. The van der Waals surface area contributed by atoms with Crippen LogP contribution in [0.5, 0.6) is 0 Å². The molecule has 0 saturated carbocycles. The number of nitrogens with two attached hydrogens (primary N) is 1. The van der Waals surface area contributed by atoms with Gasteiger partial charge in [0.2, 0.25) is 0 Å². The minimum absolute atomic E-state index is 0.0887. The molecule has 0 saturated heterocycles. The first kappa shape index (κ1) is 32.3. The lowest BCUT2D eigenvalue weighted by atomic mass is 9.96. The quantitative estimate of drug-likeness (QED) is 0.164. The van der Waals surface area contributed by atoms with Crippen molar-refractivity contribution in [3.05, 3.63) is 65.4 Å². The van der Waals surface area contributed by atoms with Gasteiger partial charge in [0.15, 0.2) is 21.5 Å². The zero-order valence-electron chi connectivity index (χ0n) is 25.1. The van der Waals surface area contributed by atoms with Crippen LogP contribution in [-0.4, -0.2) is 64.0 Å². The minimum Gasteiger partial charge on any atom is -0.444 e. The molecule has 0 bridgehead atoms. The third-order valence-electron chi connectivity index (χ3n) is 6.52. The van der Waals surface area contributed by atoms with Crippen LogP contribution < -0.4 is 16.0 Å². The van der Waals surface area contributed by atoms with E-state index in [9.17, 15) is 18.0 Å². The number of fused-ring (bicyclic) bond motifs is 1. The highest BCUT2D eigenvalue weighted by atomic mass is 32.2. The number of anilines is 1. The molecule has 15 heteroatoms. The molecule has 0 aliphatic carbocycles. The number of amides is 2. The molecular formula is C29H34FN7O6S. The van der Waals surface area contributed by atoms with E-state index in [4.69, 9.17) is 15.7 Å². The number of oxime groups is 1. The molecule has 0 radical (unpaired) electrons. The van der Waals surface area contributed by atoms with E-state index in [0.717, 1.165) is 11.0 Å². The molecule has 4 rings (SSSR count). The van der Waals surface area contributed by atoms with E-state index < -0.39 is 55.4 Å². The number of carbonyl (C=O) groups is 2. The number of sulfone groups is 1.